The number of aryl methyl sites for hydroxylation is 2. The molecule has 0 spiro atoms. The molecular formula is C22H21ClF2N4O. The maximum absolute atomic E-state index is 13.8. The second-order valence-corrected chi connectivity index (χ2v) is 7.95. The van der Waals surface area contributed by atoms with Gasteiger partial charge >= 0.3 is 0 Å². The van der Waals surface area contributed by atoms with Crippen LogP contribution in [0.3, 0.4) is 0 Å². The van der Waals surface area contributed by atoms with E-state index in [2.05, 4.69) is 15.7 Å². The molecule has 0 radical (unpaired) electrons. The number of carbonyl (C=O) groups excluding carboxylic acids is 1. The highest BCUT2D eigenvalue weighted by Gasteiger charge is 2.36. The number of fused-ring (bicyclic) bond motifs is 1. The van der Waals surface area contributed by atoms with E-state index < -0.39 is 18.4 Å². The minimum atomic E-state index is -2.61. The molecule has 2 heterocycles. The third kappa shape index (κ3) is 3.89. The van der Waals surface area contributed by atoms with Crippen LogP contribution in [-0.4, -0.2) is 22.1 Å². The molecule has 30 heavy (non-hydrogen) atoms. The molecule has 0 saturated carbocycles. The maximum Gasteiger partial charge on any atom is 0.261 e. The van der Waals surface area contributed by atoms with Gasteiger partial charge < -0.3 is 10.6 Å². The molecule has 1 amide bonds. The normalized spacial score (nSPS) is 18.1. The van der Waals surface area contributed by atoms with E-state index in [1.807, 2.05) is 38.1 Å². The van der Waals surface area contributed by atoms with Gasteiger partial charge in [-0.25, -0.2) is 13.5 Å². The zero-order chi connectivity index (χ0) is 21.4. The summed E-state index contributed by atoms with van der Waals surface area (Å²) in [6.07, 6.45) is -1.11. The summed E-state index contributed by atoms with van der Waals surface area (Å²) in [4.78, 5) is 12.9. The number of carbonyl (C=O) groups is 1. The average Bonchev–Trinajstić information content (AvgIpc) is 3.14. The SMILES string of the molecule is Cc1ccc([C@H]2C[C@@H](C(F)F)n3ncc(C(=O)Nc4cc(Cl)ccc4C)c3N2)cc1. The van der Waals surface area contributed by atoms with E-state index in [-0.39, 0.29) is 23.8 Å². The van der Waals surface area contributed by atoms with E-state index in [1.54, 1.807) is 18.2 Å². The van der Waals surface area contributed by atoms with Gasteiger partial charge in [0.15, 0.2) is 0 Å². The fourth-order valence-electron chi connectivity index (χ4n) is 3.64. The highest BCUT2D eigenvalue weighted by Crippen LogP contribution is 2.39. The molecule has 2 N–H and O–H groups in total. The molecule has 1 aromatic heterocycles. The number of aromatic nitrogens is 2. The van der Waals surface area contributed by atoms with Crippen molar-refractivity contribution in [2.24, 2.45) is 0 Å². The predicted octanol–water partition coefficient (Wildman–Crippen LogP) is 5.77. The molecule has 0 saturated heterocycles. The first-order chi connectivity index (χ1) is 14.3. The van der Waals surface area contributed by atoms with Crippen molar-refractivity contribution in [3.8, 4) is 0 Å². The zero-order valence-electron chi connectivity index (χ0n) is 16.5. The quantitative estimate of drug-likeness (QED) is 0.552. The molecule has 2 atom stereocenters. The fourth-order valence-corrected chi connectivity index (χ4v) is 3.81. The monoisotopic (exact) mass is 430 g/mol. The van der Waals surface area contributed by atoms with Crippen LogP contribution in [0, 0.1) is 13.8 Å². The molecule has 3 aromatic rings. The number of halogens is 3. The molecule has 1 aliphatic heterocycles. The maximum atomic E-state index is 13.8. The molecule has 156 valence electrons. The number of hydrogen-bond acceptors (Lipinski definition) is 3. The fraction of sp³-hybridized carbons (Fsp3) is 0.273. The Morgan fingerprint density at radius 3 is 2.67 bits per heavy atom. The van der Waals surface area contributed by atoms with Crippen LogP contribution < -0.4 is 10.6 Å². The second-order valence-electron chi connectivity index (χ2n) is 7.51. The lowest BCUT2D eigenvalue weighted by Gasteiger charge is -2.32. The number of anilines is 2. The number of amides is 1. The first-order valence-electron chi connectivity index (χ1n) is 9.59. The summed E-state index contributed by atoms with van der Waals surface area (Å²) in [5.74, 6) is -0.152. The average molecular weight is 431 g/mol. The van der Waals surface area contributed by atoms with Crippen molar-refractivity contribution in [1.82, 2.24) is 9.78 Å². The number of alkyl halides is 2. The number of nitrogens with one attached hydrogen (secondary N) is 2. The molecular weight excluding hydrogens is 410 g/mol. The molecule has 1 aliphatic rings. The van der Waals surface area contributed by atoms with Gasteiger partial charge in [-0.05, 0) is 43.5 Å². The van der Waals surface area contributed by atoms with Crippen molar-refractivity contribution in [3.05, 3.63) is 75.9 Å². The number of rotatable bonds is 4. The van der Waals surface area contributed by atoms with E-state index in [9.17, 15) is 13.6 Å². The third-order valence-electron chi connectivity index (χ3n) is 5.36. The summed E-state index contributed by atoms with van der Waals surface area (Å²) in [6.45, 7) is 3.81. The van der Waals surface area contributed by atoms with Crippen LogP contribution in [0.4, 0.5) is 20.3 Å². The number of benzene rings is 2. The summed E-state index contributed by atoms with van der Waals surface area (Å²) < 4.78 is 28.8. The Hall–Kier alpha value is -2.93. The second kappa shape index (κ2) is 8.07. The van der Waals surface area contributed by atoms with Crippen molar-refractivity contribution in [3.63, 3.8) is 0 Å². The van der Waals surface area contributed by atoms with Crippen LogP contribution in [0.15, 0.2) is 48.7 Å². The van der Waals surface area contributed by atoms with Crippen LogP contribution in [0.1, 0.15) is 45.6 Å². The lowest BCUT2D eigenvalue weighted by molar-refractivity contribution is 0.0657. The van der Waals surface area contributed by atoms with E-state index >= 15 is 0 Å². The third-order valence-corrected chi connectivity index (χ3v) is 5.60. The van der Waals surface area contributed by atoms with Crippen LogP contribution in [0.25, 0.3) is 0 Å². The Kier molecular flexibility index (Phi) is 5.47. The van der Waals surface area contributed by atoms with Crippen molar-refractivity contribution in [1.29, 1.82) is 0 Å². The van der Waals surface area contributed by atoms with E-state index in [0.29, 0.717) is 10.7 Å². The Bertz CT molecular complexity index is 1080. The molecule has 8 heteroatoms. The first kappa shape index (κ1) is 20.3. The van der Waals surface area contributed by atoms with Gasteiger partial charge in [0.1, 0.15) is 17.4 Å². The summed E-state index contributed by atoms with van der Waals surface area (Å²) in [5, 5.41) is 10.6. The van der Waals surface area contributed by atoms with Gasteiger partial charge in [0.2, 0.25) is 0 Å². The Labute approximate surface area is 178 Å². The first-order valence-corrected chi connectivity index (χ1v) is 9.97. The molecule has 2 aromatic carbocycles. The Balaban J connectivity index is 1.67. The van der Waals surface area contributed by atoms with Crippen LogP contribution >= 0.6 is 11.6 Å². The minimum absolute atomic E-state index is 0.171. The summed E-state index contributed by atoms with van der Waals surface area (Å²) in [5.41, 5.74) is 3.57. The van der Waals surface area contributed by atoms with Crippen molar-refractivity contribution < 1.29 is 13.6 Å². The van der Waals surface area contributed by atoms with Gasteiger partial charge in [-0.3, -0.25) is 4.79 Å². The standard InChI is InChI=1S/C22H21ClF2N4O/c1-12-3-6-14(7-4-12)18-10-19(20(24)25)29-21(27-18)16(11-26-29)22(30)28-17-9-15(23)8-5-13(17)2/h3-9,11,18-20,27H,10H2,1-2H3,(H,28,30)/t18-,19+/m1/s1. The lowest BCUT2D eigenvalue weighted by atomic mass is 9.96. The van der Waals surface area contributed by atoms with Gasteiger partial charge in [0.05, 0.1) is 12.2 Å². The molecule has 5 nitrogen and oxygen atoms in total. The largest absolute Gasteiger partial charge is 0.363 e. The van der Waals surface area contributed by atoms with Crippen LogP contribution in [0.5, 0.6) is 0 Å². The van der Waals surface area contributed by atoms with Gasteiger partial charge in [0, 0.05) is 10.7 Å². The summed E-state index contributed by atoms with van der Waals surface area (Å²) >= 11 is 6.03. The van der Waals surface area contributed by atoms with Gasteiger partial charge in [-0.2, -0.15) is 5.10 Å². The molecule has 0 fully saturated rings. The Morgan fingerprint density at radius 1 is 1.23 bits per heavy atom. The zero-order valence-corrected chi connectivity index (χ0v) is 17.3. The van der Waals surface area contributed by atoms with Gasteiger partial charge in [-0.1, -0.05) is 47.5 Å². The smallest absolute Gasteiger partial charge is 0.261 e. The number of nitrogens with zero attached hydrogens (tertiary/aromatic N) is 2. The lowest BCUT2D eigenvalue weighted by Crippen LogP contribution is -2.31. The topological polar surface area (TPSA) is 59.0 Å². The highest BCUT2D eigenvalue weighted by molar-refractivity contribution is 6.31. The molecule has 0 aliphatic carbocycles. The molecule has 4 rings (SSSR count). The van der Waals surface area contributed by atoms with Crippen molar-refractivity contribution in [2.45, 2.75) is 38.8 Å². The van der Waals surface area contributed by atoms with Gasteiger partial charge in [-0.15, -0.1) is 0 Å². The van der Waals surface area contributed by atoms with Crippen LogP contribution in [0.2, 0.25) is 5.02 Å². The van der Waals surface area contributed by atoms with Gasteiger partial charge in [0.25, 0.3) is 12.3 Å². The predicted molar refractivity (Wildman–Crippen MR) is 114 cm³/mol. The van der Waals surface area contributed by atoms with E-state index in [0.717, 1.165) is 16.7 Å². The minimum Gasteiger partial charge on any atom is -0.363 e. The molecule has 0 unspecified atom stereocenters. The number of hydrogen-bond donors (Lipinski definition) is 2. The van der Waals surface area contributed by atoms with Crippen LogP contribution in [-0.2, 0) is 0 Å². The highest BCUT2D eigenvalue weighted by atomic mass is 35.5. The summed E-state index contributed by atoms with van der Waals surface area (Å²) in [6, 6.07) is 11.4. The Morgan fingerprint density at radius 2 is 1.97 bits per heavy atom. The van der Waals surface area contributed by atoms with E-state index in [4.69, 9.17) is 11.6 Å². The van der Waals surface area contributed by atoms with E-state index in [1.165, 1.54) is 10.9 Å². The van der Waals surface area contributed by atoms with Crippen molar-refractivity contribution >= 4 is 29.0 Å². The van der Waals surface area contributed by atoms with Crippen molar-refractivity contribution in [2.75, 3.05) is 10.6 Å². The molecule has 0 bridgehead atoms. The summed E-state index contributed by atoms with van der Waals surface area (Å²) in [7, 11) is 0.